The second-order valence-electron chi connectivity index (χ2n) is 8.01. The summed E-state index contributed by atoms with van der Waals surface area (Å²) >= 11 is 0. The molecule has 0 bridgehead atoms. The lowest BCUT2D eigenvalue weighted by atomic mass is 10.1. The van der Waals surface area contributed by atoms with Crippen LogP contribution in [0.25, 0.3) is 17.0 Å². The van der Waals surface area contributed by atoms with Gasteiger partial charge in [0.25, 0.3) is 0 Å². The topological polar surface area (TPSA) is 53.7 Å². The maximum Gasteiger partial charge on any atom is 0.236 e. The summed E-state index contributed by atoms with van der Waals surface area (Å²) in [7, 11) is 0. The molecule has 0 saturated carbocycles. The zero-order valence-corrected chi connectivity index (χ0v) is 17.7. The molecule has 2 aromatic heterocycles. The molecule has 6 nitrogen and oxygen atoms in total. The van der Waals surface area contributed by atoms with Crippen LogP contribution < -0.4 is 4.90 Å². The van der Waals surface area contributed by atoms with Crippen molar-refractivity contribution in [3.05, 3.63) is 84.4 Å². The lowest BCUT2D eigenvalue weighted by Crippen LogP contribution is -2.36. The summed E-state index contributed by atoms with van der Waals surface area (Å²) in [5.74, 6) is 1.35. The summed E-state index contributed by atoms with van der Waals surface area (Å²) in [4.78, 5) is 26.3. The first kappa shape index (κ1) is 20.2. The smallest absolute Gasteiger partial charge is 0.236 e. The Kier molecular flexibility index (Phi) is 5.54. The number of anilines is 1. The number of imidazole rings is 1. The minimum atomic E-state index is -0.268. The average Bonchev–Trinajstić information content (AvgIpc) is 3.08. The molecule has 2 aromatic carbocycles. The third kappa shape index (κ3) is 4.32. The van der Waals surface area contributed by atoms with Crippen molar-refractivity contribution in [1.82, 2.24) is 19.3 Å². The molecule has 1 aliphatic rings. The van der Waals surface area contributed by atoms with Crippen molar-refractivity contribution >= 4 is 17.5 Å². The molecule has 1 fully saturated rings. The summed E-state index contributed by atoms with van der Waals surface area (Å²) in [6, 6.07) is 18.1. The zero-order chi connectivity index (χ0) is 21.9. The van der Waals surface area contributed by atoms with Crippen LogP contribution in [0.2, 0.25) is 0 Å². The molecule has 162 valence electrons. The first-order valence-corrected chi connectivity index (χ1v) is 10.8. The van der Waals surface area contributed by atoms with Crippen LogP contribution in [0.1, 0.15) is 12.0 Å². The van der Waals surface area contributed by atoms with Crippen LogP contribution in [0.3, 0.4) is 0 Å². The Labute approximate surface area is 185 Å². The number of fused-ring (bicyclic) bond motifs is 1. The fraction of sp³-hybridized carbons (Fsp3) is 0.240. The predicted molar refractivity (Wildman–Crippen MR) is 122 cm³/mol. The molecule has 32 heavy (non-hydrogen) atoms. The number of carbonyl (C=O) groups excluding carboxylic acids is 1. The van der Waals surface area contributed by atoms with Gasteiger partial charge in [-0.05, 0) is 42.3 Å². The fourth-order valence-electron chi connectivity index (χ4n) is 4.08. The maximum absolute atomic E-state index is 13.2. The van der Waals surface area contributed by atoms with Gasteiger partial charge >= 0.3 is 0 Å². The monoisotopic (exact) mass is 429 g/mol. The highest BCUT2D eigenvalue weighted by Gasteiger charge is 2.20. The van der Waals surface area contributed by atoms with Gasteiger partial charge in [0.05, 0.1) is 12.1 Å². The first-order valence-electron chi connectivity index (χ1n) is 10.8. The number of nitrogens with zero attached hydrogens (tertiary/aromatic N) is 5. The van der Waals surface area contributed by atoms with E-state index in [2.05, 4.69) is 9.88 Å². The van der Waals surface area contributed by atoms with Crippen molar-refractivity contribution < 1.29 is 9.18 Å². The normalized spacial score (nSPS) is 14.5. The van der Waals surface area contributed by atoms with Crippen LogP contribution in [0.4, 0.5) is 10.2 Å². The van der Waals surface area contributed by atoms with Crippen LogP contribution in [-0.2, 0) is 11.2 Å². The number of amides is 1. The minimum absolute atomic E-state index is 0.165. The molecule has 0 aliphatic carbocycles. The van der Waals surface area contributed by atoms with Crippen LogP contribution in [-0.4, -0.2) is 51.4 Å². The lowest BCUT2D eigenvalue weighted by Gasteiger charge is -2.23. The van der Waals surface area contributed by atoms with Crippen molar-refractivity contribution in [2.75, 3.05) is 31.1 Å². The summed E-state index contributed by atoms with van der Waals surface area (Å²) in [5.41, 5.74) is 2.64. The molecular formula is C25H24FN5O. The highest BCUT2D eigenvalue weighted by molar-refractivity contribution is 5.78. The van der Waals surface area contributed by atoms with Crippen molar-refractivity contribution in [1.29, 1.82) is 0 Å². The largest absolute Gasteiger partial charge is 0.355 e. The van der Waals surface area contributed by atoms with Gasteiger partial charge in [0, 0.05) is 44.1 Å². The highest BCUT2D eigenvalue weighted by atomic mass is 19.1. The molecule has 0 radical (unpaired) electrons. The third-order valence-corrected chi connectivity index (χ3v) is 5.82. The van der Waals surface area contributed by atoms with Crippen molar-refractivity contribution in [3.8, 4) is 11.3 Å². The molecule has 4 aromatic rings. The van der Waals surface area contributed by atoms with E-state index in [0.717, 1.165) is 48.7 Å². The van der Waals surface area contributed by atoms with E-state index in [9.17, 15) is 9.18 Å². The van der Waals surface area contributed by atoms with E-state index < -0.39 is 0 Å². The van der Waals surface area contributed by atoms with E-state index in [1.54, 1.807) is 12.1 Å². The molecule has 0 spiro atoms. The summed E-state index contributed by atoms with van der Waals surface area (Å²) in [6.07, 6.45) is 5.17. The van der Waals surface area contributed by atoms with E-state index >= 15 is 0 Å². The van der Waals surface area contributed by atoms with Crippen molar-refractivity contribution in [3.63, 3.8) is 0 Å². The maximum atomic E-state index is 13.2. The number of hydrogen-bond acceptors (Lipinski definition) is 4. The van der Waals surface area contributed by atoms with Gasteiger partial charge in [-0.25, -0.2) is 9.37 Å². The van der Waals surface area contributed by atoms with E-state index in [1.165, 1.54) is 12.1 Å². The van der Waals surface area contributed by atoms with Crippen LogP contribution in [0.15, 0.2) is 73.1 Å². The summed E-state index contributed by atoms with van der Waals surface area (Å²) in [6.45, 7) is 3.00. The minimum Gasteiger partial charge on any atom is -0.355 e. The number of halogens is 1. The standard InChI is InChI=1S/C25H24FN5O/c26-21-9-7-20(8-10-21)22-18-31-14-11-23(28-25(31)27-22)29-12-4-13-30(16-15-29)24(32)17-19-5-2-1-3-6-19/h1-3,5-11,14,18H,4,12-13,15-17H2. The van der Waals surface area contributed by atoms with Gasteiger partial charge < -0.3 is 9.80 Å². The fourth-order valence-corrected chi connectivity index (χ4v) is 4.08. The molecular weight excluding hydrogens is 405 g/mol. The summed E-state index contributed by atoms with van der Waals surface area (Å²) in [5, 5.41) is 0. The lowest BCUT2D eigenvalue weighted by molar-refractivity contribution is -0.130. The van der Waals surface area contributed by atoms with Crippen LogP contribution in [0, 0.1) is 5.82 Å². The SMILES string of the molecule is O=C(Cc1ccccc1)N1CCCN(c2ccn3cc(-c4ccc(F)cc4)nc3n2)CC1. The predicted octanol–water partition coefficient (Wildman–Crippen LogP) is 3.82. The van der Waals surface area contributed by atoms with Gasteiger partial charge in [0.15, 0.2) is 0 Å². The molecule has 0 N–H and O–H groups in total. The van der Waals surface area contributed by atoms with Gasteiger partial charge in [-0.3, -0.25) is 9.20 Å². The first-order chi connectivity index (χ1) is 15.7. The Morgan fingerprint density at radius 3 is 2.53 bits per heavy atom. The average molecular weight is 429 g/mol. The van der Waals surface area contributed by atoms with Gasteiger partial charge in [0.2, 0.25) is 11.7 Å². The zero-order valence-electron chi connectivity index (χ0n) is 17.7. The molecule has 1 saturated heterocycles. The van der Waals surface area contributed by atoms with Gasteiger partial charge in [0.1, 0.15) is 11.6 Å². The van der Waals surface area contributed by atoms with Crippen LogP contribution >= 0.6 is 0 Å². The Morgan fingerprint density at radius 1 is 0.906 bits per heavy atom. The highest BCUT2D eigenvalue weighted by Crippen LogP contribution is 2.21. The Hall–Kier alpha value is -3.74. The van der Waals surface area contributed by atoms with Crippen LogP contribution in [0.5, 0.6) is 0 Å². The molecule has 1 amide bonds. The molecule has 3 heterocycles. The second kappa shape index (κ2) is 8.78. The second-order valence-corrected chi connectivity index (χ2v) is 8.01. The Bertz CT molecular complexity index is 1220. The Morgan fingerprint density at radius 2 is 1.72 bits per heavy atom. The van der Waals surface area contributed by atoms with E-state index in [1.807, 2.05) is 58.1 Å². The molecule has 0 atom stereocenters. The quantitative estimate of drug-likeness (QED) is 0.495. The van der Waals surface area contributed by atoms with Crippen molar-refractivity contribution in [2.24, 2.45) is 0 Å². The summed E-state index contributed by atoms with van der Waals surface area (Å²) < 4.78 is 15.1. The number of rotatable bonds is 4. The molecule has 5 rings (SSSR count). The third-order valence-electron chi connectivity index (χ3n) is 5.82. The van der Waals surface area contributed by atoms with Gasteiger partial charge in [-0.15, -0.1) is 0 Å². The molecule has 0 unspecified atom stereocenters. The van der Waals surface area contributed by atoms with E-state index in [4.69, 9.17) is 4.98 Å². The van der Waals surface area contributed by atoms with Gasteiger partial charge in [-0.1, -0.05) is 30.3 Å². The number of benzene rings is 2. The van der Waals surface area contributed by atoms with Crippen molar-refractivity contribution in [2.45, 2.75) is 12.8 Å². The number of carbonyl (C=O) groups is 1. The number of aromatic nitrogens is 3. The Balaban J connectivity index is 1.29. The van der Waals surface area contributed by atoms with Gasteiger partial charge in [-0.2, -0.15) is 4.98 Å². The molecule has 7 heteroatoms. The van der Waals surface area contributed by atoms with E-state index in [0.29, 0.717) is 18.7 Å². The molecule has 1 aliphatic heterocycles. The number of hydrogen-bond donors (Lipinski definition) is 0. The van der Waals surface area contributed by atoms with E-state index in [-0.39, 0.29) is 11.7 Å².